The van der Waals surface area contributed by atoms with Gasteiger partial charge in [0, 0.05) is 36.5 Å². The molecule has 0 radical (unpaired) electrons. The van der Waals surface area contributed by atoms with E-state index in [0.717, 1.165) is 16.8 Å². The average Bonchev–Trinajstić information content (AvgIpc) is 3.44. The van der Waals surface area contributed by atoms with Gasteiger partial charge < -0.3 is 9.88 Å². The molecule has 4 heterocycles. The number of nitrogens with zero attached hydrogens (tertiary/aromatic N) is 2. The molecule has 0 bridgehead atoms. The number of hydrogen-bond acceptors (Lipinski definition) is 3. The van der Waals surface area contributed by atoms with E-state index >= 15 is 0 Å². The van der Waals surface area contributed by atoms with Crippen LogP contribution in [0.5, 0.6) is 0 Å². The summed E-state index contributed by atoms with van der Waals surface area (Å²) in [6, 6.07) is 20.0. The Hall–Kier alpha value is -3.18. The van der Waals surface area contributed by atoms with Crippen LogP contribution in [0.4, 0.5) is 5.69 Å². The minimum Gasteiger partial charge on any atom is -0.344 e. The van der Waals surface area contributed by atoms with Gasteiger partial charge in [0.2, 0.25) is 0 Å². The van der Waals surface area contributed by atoms with Gasteiger partial charge in [-0.15, -0.1) is 0 Å². The van der Waals surface area contributed by atoms with E-state index in [1.807, 2.05) is 54.2 Å². The molecule has 1 aromatic heterocycles. The quantitative estimate of drug-likeness (QED) is 0.683. The Bertz CT molecular complexity index is 1210. The number of amides is 1. The molecule has 3 aromatic rings. The number of ketones is 1. The zero-order chi connectivity index (χ0) is 20.7. The van der Waals surface area contributed by atoms with Crippen molar-refractivity contribution in [1.29, 1.82) is 0 Å². The molecule has 6 rings (SSSR count). The molecule has 1 saturated heterocycles. The Balaban J connectivity index is 1.66. The van der Waals surface area contributed by atoms with Crippen LogP contribution in [-0.4, -0.2) is 34.7 Å². The Kier molecular flexibility index (Phi) is 3.36. The number of benzene rings is 2. The SMILES string of the molecule is Cc1ccc([C@@H]2CN(C)[C@]3(C(=O)Nc4ccccc43)[C@]23Cn2cccc2C3=O)cc1. The number of fused-ring (bicyclic) bond motifs is 4. The van der Waals surface area contributed by atoms with Gasteiger partial charge in [0.05, 0.1) is 11.1 Å². The third kappa shape index (κ3) is 1.83. The highest BCUT2D eigenvalue weighted by molar-refractivity contribution is 6.14. The maximum Gasteiger partial charge on any atom is 0.250 e. The van der Waals surface area contributed by atoms with E-state index in [1.54, 1.807) is 0 Å². The van der Waals surface area contributed by atoms with Gasteiger partial charge in [-0.25, -0.2) is 0 Å². The van der Waals surface area contributed by atoms with Crippen LogP contribution in [0, 0.1) is 12.3 Å². The summed E-state index contributed by atoms with van der Waals surface area (Å²) in [7, 11) is 1.98. The first-order valence-electron chi connectivity index (χ1n) is 10.4. The van der Waals surface area contributed by atoms with Gasteiger partial charge in [-0.05, 0) is 37.7 Å². The van der Waals surface area contributed by atoms with E-state index in [4.69, 9.17) is 0 Å². The number of hydrogen-bond donors (Lipinski definition) is 1. The minimum atomic E-state index is -1.03. The first-order valence-corrected chi connectivity index (χ1v) is 10.4. The molecule has 2 aromatic carbocycles. The molecule has 0 unspecified atom stereocenters. The molecule has 30 heavy (non-hydrogen) atoms. The molecule has 3 atom stereocenters. The van der Waals surface area contributed by atoms with Crippen LogP contribution < -0.4 is 5.32 Å². The molecule has 150 valence electrons. The predicted molar refractivity (Wildman–Crippen MR) is 114 cm³/mol. The molecule has 3 aliphatic heterocycles. The number of aryl methyl sites for hydroxylation is 1. The lowest BCUT2D eigenvalue weighted by Crippen LogP contribution is -2.58. The molecule has 5 nitrogen and oxygen atoms in total. The number of anilines is 1. The molecule has 5 heteroatoms. The summed E-state index contributed by atoms with van der Waals surface area (Å²) >= 11 is 0. The third-order valence-electron chi connectivity index (χ3n) is 7.53. The number of aromatic nitrogens is 1. The maximum atomic E-state index is 14.2. The fraction of sp³-hybridized carbons (Fsp3) is 0.280. The number of para-hydroxylation sites is 1. The number of carbonyl (C=O) groups excluding carboxylic acids is 2. The lowest BCUT2D eigenvalue weighted by Gasteiger charge is -2.43. The molecule has 1 N–H and O–H groups in total. The third-order valence-corrected chi connectivity index (χ3v) is 7.53. The standard InChI is InChI=1S/C25H23N3O2/c1-16-9-11-17(12-10-16)19-14-27(2)25(18-6-3-4-7-20(18)26-23(25)30)24(19)15-28-13-5-8-21(28)22(24)29/h3-13,19H,14-15H2,1-2H3,(H,26,30)/t19-,24+,25+/m0/s1. The van der Waals surface area contributed by atoms with Crippen molar-refractivity contribution in [3.63, 3.8) is 0 Å². The van der Waals surface area contributed by atoms with E-state index in [2.05, 4.69) is 41.4 Å². The summed E-state index contributed by atoms with van der Waals surface area (Å²) in [5.74, 6) is -0.124. The maximum absolute atomic E-state index is 14.2. The molecular formula is C25H23N3O2. The summed E-state index contributed by atoms with van der Waals surface area (Å²) in [4.78, 5) is 30.0. The Morgan fingerprint density at radius 2 is 1.77 bits per heavy atom. The van der Waals surface area contributed by atoms with Crippen LogP contribution in [0.2, 0.25) is 0 Å². The highest BCUT2D eigenvalue weighted by Gasteiger charge is 2.75. The Morgan fingerprint density at radius 1 is 1.00 bits per heavy atom. The molecule has 3 aliphatic rings. The zero-order valence-electron chi connectivity index (χ0n) is 17.1. The number of carbonyl (C=O) groups is 2. The largest absolute Gasteiger partial charge is 0.344 e. The van der Waals surface area contributed by atoms with Crippen LogP contribution in [0.1, 0.15) is 33.1 Å². The summed E-state index contributed by atoms with van der Waals surface area (Å²) in [5.41, 5.74) is 2.77. The number of rotatable bonds is 1. The van der Waals surface area contributed by atoms with Crippen LogP contribution in [-0.2, 0) is 16.9 Å². The van der Waals surface area contributed by atoms with E-state index in [0.29, 0.717) is 18.8 Å². The van der Waals surface area contributed by atoms with Gasteiger partial charge in [0.25, 0.3) is 5.91 Å². The second-order valence-electron chi connectivity index (χ2n) is 8.88. The topological polar surface area (TPSA) is 54.3 Å². The Morgan fingerprint density at radius 3 is 2.53 bits per heavy atom. The number of likely N-dealkylation sites (N-methyl/N-ethyl adjacent to an activating group) is 1. The monoisotopic (exact) mass is 397 g/mol. The molecule has 2 spiro atoms. The fourth-order valence-corrected chi connectivity index (χ4v) is 6.29. The normalized spacial score (nSPS) is 29.6. The number of likely N-dealkylation sites (tertiary alicyclic amines) is 1. The van der Waals surface area contributed by atoms with E-state index < -0.39 is 11.0 Å². The van der Waals surface area contributed by atoms with Crippen molar-refractivity contribution in [2.75, 3.05) is 18.9 Å². The van der Waals surface area contributed by atoms with Crippen LogP contribution in [0.25, 0.3) is 0 Å². The first kappa shape index (κ1) is 17.7. The van der Waals surface area contributed by atoms with Crippen molar-refractivity contribution in [1.82, 2.24) is 9.47 Å². The van der Waals surface area contributed by atoms with E-state index in [9.17, 15) is 9.59 Å². The van der Waals surface area contributed by atoms with Crippen molar-refractivity contribution in [2.24, 2.45) is 5.41 Å². The molecule has 0 aliphatic carbocycles. The smallest absolute Gasteiger partial charge is 0.250 e. The summed E-state index contributed by atoms with van der Waals surface area (Å²) < 4.78 is 2.03. The highest BCUT2D eigenvalue weighted by atomic mass is 16.2. The molecule has 1 fully saturated rings. The summed E-state index contributed by atoms with van der Waals surface area (Å²) in [5, 5.41) is 3.09. The number of nitrogens with one attached hydrogen (secondary N) is 1. The Labute approximate surface area is 175 Å². The molecular weight excluding hydrogens is 374 g/mol. The van der Waals surface area contributed by atoms with E-state index in [-0.39, 0.29) is 17.6 Å². The van der Waals surface area contributed by atoms with Crippen molar-refractivity contribution in [3.8, 4) is 0 Å². The summed E-state index contributed by atoms with van der Waals surface area (Å²) in [6.07, 6.45) is 1.96. The van der Waals surface area contributed by atoms with Gasteiger partial charge in [-0.3, -0.25) is 14.5 Å². The minimum absolute atomic E-state index is 0.0641. The van der Waals surface area contributed by atoms with E-state index in [1.165, 1.54) is 5.56 Å². The zero-order valence-corrected chi connectivity index (χ0v) is 17.1. The summed E-state index contributed by atoms with van der Waals surface area (Å²) in [6.45, 7) is 3.20. The van der Waals surface area contributed by atoms with Gasteiger partial charge in [0.15, 0.2) is 5.78 Å². The van der Waals surface area contributed by atoms with Crippen molar-refractivity contribution in [2.45, 2.75) is 24.9 Å². The lowest BCUT2D eigenvalue weighted by molar-refractivity contribution is -0.130. The highest BCUT2D eigenvalue weighted by Crippen LogP contribution is 2.65. The van der Waals surface area contributed by atoms with Gasteiger partial charge in [-0.2, -0.15) is 0 Å². The van der Waals surface area contributed by atoms with Crippen LogP contribution in [0.3, 0.4) is 0 Å². The molecule has 1 amide bonds. The average molecular weight is 397 g/mol. The second kappa shape index (κ2) is 5.70. The van der Waals surface area contributed by atoms with Gasteiger partial charge in [0.1, 0.15) is 5.54 Å². The molecule has 0 saturated carbocycles. The number of Topliss-reactive ketones (excluding diaryl/α,β-unsaturated/α-hetero) is 1. The second-order valence-corrected chi connectivity index (χ2v) is 8.88. The fourth-order valence-electron chi connectivity index (χ4n) is 6.29. The predicted octanol–water partition coefficient (Wildman–Crippen LogP) is 3.56. The van der Waals surface area contributed by atoms with Crippen molar-refractivity contribution < 1.29 is 9.59 Å². The van der Waals surface area contributed by atoms with Crippen LogP contribution >= 0.6 is 0 Å². The van der Waals surface area contributed by atoms with Gasteiger partial charge in [-0.1, -0.05) is 48.0 Å². The van der Waals surface area contributed by atoms with Gasteiger partial charge >= 0.3 is 0 Å². The first-order chi connectivity index (χ1) is 14.5. The van der Waals surface area contributed by atoms with Crippen LogP contribution in [0.15, 0.2) is 66.9 Å². The van der Waals surface area contributed by atoms with Crippen molar-refractivity contribution in [3.05, 3.63) is 89.2 Å². The lowest BCUT2D eigenvalue weighted by atomic mass is 9.59. The van der Waals surface area contributed by atoms with Crippen molar-refractivity contribution >= 4 is 17.4 Å².